The van der Waals surface area contributed by atoms with E-state index in [1.807, 2.05) is 0 Å². The predicted molar refractivity (Wildman–Crippen MR) is 123 cm³/mol. The average Bonchev–Trinajstić information content (AvgIpc) is 2.69. The summed E-state index contributed by atoms with van der Waals surface area (Å²) in [5.41, 5.74) is 4.14. The number of rotatable bonds is 1. The molecule has 0 N–H and O–H groups in total. The Balaban J connectivity index is 1.84. The monoisotopic (exact) mass is 360 g/mol. The molecule has 0 spiro atoms. The van der Waals surface area contributed by atoms with E-state index in [2.05, 4.69) is 112 Å². The highest BCUT2D eigenvalue weighted by Gasteiger charge is 2.19. The van der Waals surface area contributed by atoms with Crippen molar-refractivity contribution in [2.75, 3.05) is 0 Å². The molecule has 0 aliphatic carbocycles. The molecule has 0 saturated heterocycles. The van der Waals surface area contributed by atoms with Crippen molar-refractivity contribution >= 4 is 32.3 Å². The maximum atomic E-state index is 2.37. The molecule has 0 heteroatoms. The molecule has 28 heavy (non-hydrogen) atoms. The van der Waals surface area contributed by atoms with Crippen LogP contribution < -0.4 is 0 Å². The van der Waals surface area contributed by atoms with Crippen LogP contribution in [0.5, 0.6) is 0 Å². The minimum absolute atomic E-state index is 0.103. The van der Waals surface area contributed by atoms with Gasteiger partial charge in [-0.1, -0.05) is 87.5 Å². The van der Waals surface area contributed by atoms with Gasteiger partial charge in [0.15, 0.2) is 0 Å². The van der Waals surface area contributed by atoms with Gasteiger partial charge in [-0.3, -0.25) is 0 Å². The van der Waals surface area contributed by atoms with E-state index in [-0.39, 0.29) is 5.41 Å². The molecule has 0 aliphatic rings. The molecule has 0 fully saturated rings. The van der Waals surface area contributed by atoms with Crippen molar-refractivity contribution < 1.29 is 0 Å². The highest BCUT2D eigenvalue weighted by Crippen LogP contribution is 2.38. The molecule has 0 nitrogen and oxygen atoms in total. The minimum Gasteiger partial charge on any atom is -0.0619 e. The van der Waals surface area contributed by atoms with Gasteiger partial charge in [-0.05, 0) is 78.7 Å². The van der Waals surface area contributed by atoms with Crippen LogP contribution in [0.4, 0.5) is 0 Å². The standard InChI is InChI=1S/C28H24/c1-28(2,3)27-14-7-6-12-25(27)24-13-8-11-21-17-22-15-19-9-4-5-10-20(19)16-23(22)18-26(21)24/h4-18H,1-3H3. The summed E-state index contributed by atoms with van der Waals surface area (Å²) in [7, 11) is 0. The van der Waals surface area contributed by atoms with E-state index in [1.54, 1.807) is 0 Å². The van der Waals surface area contributed by atoms with Crippen molar-refractivity contribution in [3.63, 3.8) is 0 Å². The molecular weight excluding hydrogens is 336 g/mol. The van der Waals surface area contributed by atoms with E-state index < -0.39 is 0 Å². The van der Waals surface area contributed by atoms with Crippen LogP contribution in [0.3, 0.4) is 0 Å². The second-order valence-corrected chi connectivity index (χ2v) is 8.72. The van der Waals surface area contributed by atoms with Crippen LogP contribution in [0, 0.1) is 0 Å². The Morgan fingerprint density at radius 2 is 1.00 bits per heavy atom. The third kappa shape index (κ3) is 2.77. The van der Waals surface area contributed by atoms with Crippen LogP contribution in [0.15, 0.2) is 91.0 Å². The quantitative estimate of drug-likeness (QED) is 0.265. The second-order valence-electron chi connectivity index (χ2n) is 8.72. The molecule has 5 aromatic rings. The average molecular weight is 361 g/mol. The lowest BCUT2D eigenvalue weighted by Crippen LogP contribution is -2.12. The van der Waals surface area contributed by atoms with Gasteiger partial charge in [0, 0.05) is 0 Å². The summed E-state index contributed by atoms with van der Waals surface area (Å²) in [6, 6.07) is 33.4. The summed E-state index contributed by atoms with van der Waals surface area (Å²) in [5.74, 6) is 0. The van der Waals surface area contributed by atoms with Crippen LogP contribution in [0.2, 0.25) is 0 Å². The van der Waals surface area contributed by atoms with E-state index in [1.165, 1.54) is 49.0 Å². The van der Waals surface area contributed by atoms with Crippen LogP contribution >= 0.6 is 0 Å². The summed E-state index contributed by atoms with van der Waals surface area (Å²) in [5, 5.41) is 7.80. The first-order valence-corrected chi connectivity index (χ1v) is 9.96. The number of hydrogen-bond donors (Lipinski definition) is 0. The normalized spacial score (nSPS) is 12.1. The molecule has 0 aliphatic heterocycles. The van der Waals surface area contributed by atoms with Gasteiger partial charge < -0.3 is 0 Å². The molecule has 0 amide bonds. The summed E-state index contributed by atoms with van der Waals surface area (Å²) in [6.07, 6.45) is 0. The van der Waals surface area contributed by atoms with Crippen LogP contribution in [0.1, 0.15) is 26.3 Å². The van der Waals surface area contributed by atoms with Crippen LogP contribution in [0.25, 0.3) is 43.4 Å². The summed E-state index contributed by atoms with van der Waals surface area (Å²) in [4.78, 5) is 0. The fraction of sp³-hybridized carbons (Fsp3) is 0.143. The van der Waals surface area contributed by atoms with Crippen molar-refractivity contribution in [1.29, 1.82) is 0 Å². The molecule has 0 unspecified atom stereocenters. The highest BCUT2D eigenvalue weighted by molar-refractivity contribution is 6.08. The molecule has 0 atom stereocenters. The minimum atomic E-state index is 0.103. The zero-order valence-electron chi connectivity index (χ0n) is 16.7. The summed E-state index contributed by atoms with van der Waals surface area (Å²) in [6.45, 7) is 6.87. The molecular formula is C28H24. The first-order chi connectivity index (χ1) is 13.5. The Bertz CT molecular complexity index is 1330. The lowest BCUT2D eigenvalue weighted by Gasteiger charge is -2.23. The summed E-state index contributed by atoms with van der Waals surface area (Å²) >= 11 is 0. The van der Waals surface area contributed by atoms with Gasteiger partial charge in [0.05, 0.1) is 0 Å². The number of benzene rings is 5. The van der Waals surface area contributed by atoms with Gasteiger partial charge in [-0.25, -0.2) is 0 Å². The van der Waals surface area contributed by atoms with Crippen molar-refractivity contribution in [3.8, 4) is 11.1 Å². The Kier molecular flexibility index (Phi) is 3.77. The first kappa shape index (κ1) is 17.0. The molecule has 0 saturated carbocycles. The lowest BCUT2D eigenvalue weighted by atomic mass is 9.81. The molecule has 136 valence electrons. The third-order valence-corrected chi connectivity index (χ3v) is 5.73. The lowest BCUT2D eigenvalue weighted by molar-refractivity contribution is 0.592. The topological polar surface area (TPSA) is 0 Å². The van der Waals surface area contributed by atoms with Crippen molar-refractivity contribution in [3.05, 3.63) is 96.6 Å². The van der Waals surface area contributed by atoms with E-state index in [9.17, 15) is 0 Å². The van der Waals surface area contributed by atoms with Crippen molar-refractivity contribution in [1.82, 2.24) is 0 Å². The predicted octanol–water partition coefficient (Wildman–Crippen LogP) is 8.11. The Labute approximate surface area is 166 Å². The van der Waals surface area contributed by atoms with E-state index >= 15 is 0 Å². The van der Waals surface area contributed by atoms with Gasteiger partial charge in [0.2, 0.25) is 0 Å². The van der Waals surface area contributed by atoms with Gasteiger partial charge >= 0.3 is 0 Å². The Morgan fingerprint density at radius 3 is 1.71 bits per heavy atom. The first-order valence-electron chi connectivity index (χ1n) is 9.96. The number of fused-ring (bicyclic) bond motifs is 3. The molecule has 0 aromatic heterocycles. The fourth-order valence-electron chi connectivity index (χ4n) is 4.33. The smallest absolute Gasteiger partial charge is 0.00989 e. The largest absolute Gasteiger partial charge is 0.0619 e. The summed E-state index contributed by atoms with van der Waals surface area (Å²) < 4.78 is 0. The zero-order chi connectivity index (χ0) is 19.3. The molecule has 5 aromatic carbocycles. The highest BCUT2D eigenvalue weighted by atomic mass is 14.2. The maximum absolute atomic E-state index is 2.37. The molecule has 0 radical (unpaired) electrons. The van der Waals surface area contributed by atoms with E-state index in [0.717, 1.165) is 0 Å². The van der Waals surface area contributed by atoms with Gasteiger partial charge in [0.1, 0.15) is 0 Å². The van der Waals surface area contributed by atoms with Crippen LogP contribution in [-0.4, -0.2) is 0 Å². The zero-order valence-corrected chi connectivity index (χ0v) is 16.7. The van der Waals surface area contributed by atoms with Gasteiger partial charge in [-0.15, -0.1) is 0 Å². The van der Waals surface area contributed by atoms with E-state index in [4.69, 9.17) is 0 Å². The Hall–Kier alpha value is -3.12. The van der Waals surface area contributed by atoms with E-state index in [0.29, 0.717) is 0 Å². The van der Waals surface area contributed by atoms with Crippen LogP contribution in [-0.2, 0) is 5.41 Å². The Morgan fingerprint density at radius 1 is 0.464 bits per heavy atom. The van der Waals surface area contributed by atoms with Crippen molar-refractivity contribution in [2.24, 2.45) is 0 Å². The van der Waals surface area contributed by atoms with Gasteiger partial charge in [-0.2, -0.15) is 0 Å². The third-order valence-electron chi connectivity index (χ3n) is 5.73. The molecule has 0 bridgehead atoms. The molecule has 0 heterocycles. The van der Waals surface area contributed by atoms with Crippen molar-refractivity contribution in [2.45, 2.75) is 26.2 Å². The SMILES string of the molecule is CC(C)(C)c1ccccc1-c1cccc2cc3cc4ccccc4cc3cc12. The van der Waals surface area contributed by atoms with Gasteiger partial charge in [0.25, 0.3) is 0 Å². The second kappa shape index (κ2) is 6.21. The molecule has 5 rings (SSSR count). The number of hydrogen-bond acceptors (Lipinski definition) is 0. The maximum Gasteiger partial charge on any atom is -0.00989 e. The fourth-order valence-corrected chi connectivity index (χ4v) is 4.33.